The Balaban J connectivity index is 2.32. The van der Waals surface area contributed by atoms with E-state index in [2.05, 4.69) is 4.98 Å². The predicted octanol–water partition coefficient (Wildman–Crippen LogP) is 3.89. The molecule has 5 heteroatoms. The Morgan fingerprint density at radius 1 is 1.42 bits per heavy atom. The molecular formula is C14H9ClN2OS. The van der Waals surface area contributed by atoms with Crippen LogP contribution in [-0.2, 0) is 0 Å². The zero-order valence-electron chi connectivity index (χ0n) is 10.1. The van der Waals surface area contributed by atoms with Crippen molar-refractivity contribution in [2.45, 2.75) is 6.92 Å². The molecule has 0 radical (unpaired) electrons. The van der Waals surface area contributed by atoms with E-state index in [0.29, 0.717) is 16.3 Å². The van der Waals surface area contributed by atoms with Crippen molar-refractivity contribution in [3.05, 3.63) is 56.5 Å². The minimum Gasteiger partial charge on any atom is -0.288 e. The van der Waals surface area contributed by atoms with Crippen LogP contribution in [0, 0.1) is 18.3 Å². The largest absolute Gasteiger partial charge is 0.288 e. The molecule has 0 saturated carbocycles. The number of nitrogens with zero attached hydrogens (tertiary/aromatic N) is 2. The summed E-state index contributed by atoms with van der Waals surface area (Å²) in [6.07, 6.45) is 1.50. The fraction of sp³-hybridized carbons (Fsp3) is 0.0714. The molecule has 2 rings (SSSR count). The van der Waals surface area contributed by atoms with Crippen LogP contribution in [0.25, 0.3) is 6.08 Å². The zero-order chi connectivity index (χ0) is 13.8. The lowest BCUT2D eigenvalue weighted by Gasteiger charge is -1.99. The van der Waals surface area contributed by atoms with Gasteiger partial charge < -0.3 is 0 Å². The van der Waals surface area contributed by atoms with Gasteiger partial charge in [0.25, 0.3) is 0 Å². The number of allylic oxidation sites excluding steroid dienone is 1. The molecule has 94 valence electrons. The first-order chi connectivity index (χ1) is 9.10. The second-order valence-electron chi connectivity index (χ2n) is 3.80. The highest BCUT2D eigenvalue weighted by molar-refractivity contribution is 7.09. The van der Waals surface area contributed by atoms with Crippen molar-refractivity contribution < 1.29 is 4.79 Å². The second kappa shape index (κ2) is 5.79. The molecule has 0 aliphatic rings. The Labute approximate surface area is 119 Å². The normalized spacial score (nSPS) is 11.1. The summed E-state index contributed by atoms with van der Waals surface area (Å²) in [6.45, 7) is 1.87. The molecule has 1 aromatic carbocycles. The van der Waals surface area contributed by atoms with Gasteiger partial charge in [-0.05, 0) is 37.3 Å². The van der Waals surface area contributed by atoms with Gasteiger partial charge in [-0.15, -0.1) is 11.3 Å². The van der Waals surface area contributed by atoms with Gasteiger partial charge in [-0.2, -0.15) is 5.26 Å². The number of hydrogen-bond acceptors (Lipinski definition) is 4. The maximum atomic E-state index is 12.1. The van der Waals surface area contributed by atoms with Crippen molar-refractivity contribution in [2.24, 2.45) is 0 Å². The summed E-state index contributed by atoms with van der Waals surface area (Å²) in [4.78, 5) is 16.3. The minimum atomic E-state index is -0.329. The van der Waals surface area contributed by atoms with E-state index in [1.165, 1.54) is 17.4 Å². The first kappa shape index (κ1) is 13.5. The monoisotopic (exact) mass is 288 g/mol. The van der Waals surface area contributed by atoms with Gasteiger partial charge >= 0.3 is 0 Å². The van der Waals surface area contributed by atoms with Crippen LogP contribution < -0.4 is 0 Å². The van der Waals surface area contributed by atoms with Crippen molar-refractivity contribution in [1.82, 2.24) is 4.98 Å². The number of carbonyl (C=O) groups is 1. The van der Waals surface area contributed by atoms with E-state index in [9.17, 15) is 4.79 Å². The molecule has 0 saturated heterocycles. The van der Waals surface area contributed by atoms with E-state index in [0.717, 1.165) is 5.01 Å². The molecule has 1 heterocycles. The Hall–Kier alpha value is -1.96. The molecular weight excluding hydrogens is 280 g/mol. The average Bonchev–Trinajstić information content (AvgIpc) is 2.81. The molecule has 0 atom stereocenters. The van der Waals surface area contributed by atoms with Gasteiger partial charge in [-0.3, -0.25) is 4.79 Å². The van der Waals surface area contributed by atoms with Gasteiger partial charge in [-0.25, -0.2) is 4.98 Å². The number of benzene rings is 1. The van der Waals surface area contributed by atoms with E-state index >= 15 is 0 Å². The molecule has 0 aliphatic carbocycles. The molecule has 0 spiro atoms. The quantitative estimate of drug-likeness (QED) is 0.489. The minimum absolute atomic E-state index is 0.0626. The highest BCUT2D eigenvalue weighted by Crippen LogP contribution is 2.16. The number of aromatic nitrogens is 1. The topological polar surface area (TPSA) is 53.8 Å². The molecule has 0 bridgehead atoms. The predicted molar refractivity (Wildman–Crippen MR) is 76.2 cm³/mol. The Bertz CT molecular complexity index is 680. The zero-order valence-corrected chi connectivity index (χ0v) is 11.6. The van der Waals surface area contributed by atoms with Gasteiger partial charge in [0.1, 0.15) is 11.6 Å². The summed E-state index contributed by atoms with van der Waals surface area (Å²) >= 11 is 7.24. The van der Waals surface area contributed by atoms with E-state index in [1.54, 1.807) is 24.3 Å². The molecule has 2 aromatic rings. The van der Waals surface area contributed by atoms with Crippen molar-refractivity contribution in [1.29, 1.82) is 5.26 Å². The number of Topliss-reactive ketones (excluding diaryl/α,β-unsaturated/α-hetero) is 1. The van der Waals surface area contributed by atoms with Crippen molar-refractivity contribution in [2.75, 3.05) is 0 Å². The molecule has 0 aliphatic heterocycles. The first-order valence-electron chi connectivity index (χ1n) is 5.44. The summed E-state index contributed by atoms with van der Waals surface area (Å²) in [7, 11) is 0. The maximum absolute atomic E-state index is 12.1. The van der Waals surface area contributed by atoms with Crippen molar-refractivity contribution in [3.8, 4) is 6.07 Å². The second-order valence-corrected chi connectivity index (χ2v) is 5.30. The third-order valence-corrected chi connectivity index (χ3v) is 3.44. The highest BCUT2D eigenvalue weighted by atomic mass is 35.5. The number of nitriles is 1. The molecule has 0 fully saturated rings. The molecule has 19 heavy (non-hydrogen) atoms. The maximum Gasteiger partial charge on any atom is 0.203 e. The number of ketones is 1. The Morgan fingerprint density at radius 3 is 2.63 bits per heavy atom. The fourth-order valence-electron chi connectivity index (χ4n) is 1.50. The lowest BCUT2D eigenvalue weighted by molar-refractivity contribution is 0.104. The van der Waals surface area contributed by atoms with Gasteiger partial charge in [0, 0.05) is 16.0 Å². The van der Waals surface area contributed by atoms with Gasteiger partial charge in [0.15, 0.2) is 0 Å². The lowest BCUT2D eigenvalue weighted by Crippen LogP contribution is -2.01. The third kappa shape index (κ3) is 3.28. The van der Waals surface area contributed by atoms with Crippen LogP contribution in [0.5, 0.6) is 0 Å². The smallest absolute Gasteiger partial charge is 0.203 e. The third-order valence-electron chi connectivity index (χ3n) is 2.40. The lowest BCUT2D eigenvalue weighted by atomic mass is 10.0. The number of hydrogen-bond donors (Lipinski definition) is 0. The molecule has 0 amide bonds. The number of carbonyl (C=O) groups excluding carboxylic acids is 1. The van der Waals surface area contributed by atoms with Crippen LogP contribution in [0.4, 0.5) is 0 Å². The van der Waals surface area contributed by atoms with Crippen LogP contribution in [-0.4, -0.2) is 10.8 Å². The molecule has 0 N–H and O–H groups in total. The van der Waals surface area contributed by atoms with E-state index < -0.39 is 0 Å². The van der Waals surface area contributed by atoms with Gasteiger partial charge in [0.2, 0.25) is 5.78 Å². The standard InChI is InChI=1S/C14H9ClN2OS/c1-9-17-13(8-19-9)6-11(7-16)14(18)10-2-4-12(15)5-3-10/h2-6,8H,1H3/b11-6+. The van der Waals surface area contributed by atoms with Crippen LogP contribution >= 0.6 is 22.9 Å². The van der Waals surface area contributed by atoms with E-state index in [-0.39, 0.29) is 11.4 Å². The van der Waals surface area contributed by atoms with Crippen LogP contribution in [0.2, 0.25) is 5.02 Å². The summed E-state index contributed by atoms with van der Waals surface area (Å²) in [6, 6.07) is 8.36. The summed E-state index contributed by atoms with van der Waals surface area (Å²) in [5.74, 6) is -0.329. The Kier molecular flexibility index (Phi) is 4.10. The number of thiazole rings is 1. The average molecular weight is 289 g/mol. The van der Waals surface area contributed by atoms with E-state index in [1.807, 2.05) is 18.4 Å². The van der Waals surface area contributed by atoms with Gasteiger partial charge in [0.05, 0.1) is 10.7 Å². The highest BCUT2D eigenvalue weighted by Gasteiger charge is 2.12. The number of rotatable bonds is 3. The number of halogens is 1. The summed E-state index contributed by atoms with van der Waals surface area (Å²) < 4.78 is 0. The van der Waals surface area contributed by atoms with E-state index in [4.69, 9.17) is 16.9 Å². The fourth-order valence-corrected chi connectivity index (χ4v) is 2.20. The summed E-state index contributed by atoms with van der Waals surface area (Å²) in [5, 5.41) is 12.3. The SMILES string of the molecule is Cc1nc(/C=C(\C#N)C(=O)c2ccc(Cl)cc2)cs1. The molecule has 3 nitrogen and oxygen atoms in total. The molecule has 0 unspecified atom stereocenters. The number of aryl methyl sites for hydroxylation is 1. The van der Waals surface area contributed by atoms with Crippen LogP contribution in [0.1, 0.15) is 21.1 Å². The van der Waals surface area contributed by atoms with Crippen LogP contribution in [0.15, 0.2) is 35.2 Å². The van der Waals surface area contributed by atoms with Crippen molar-refractivity contribution >= 4 is 34.8 Å². The first-order valence-corrected chi connectivity index (χ1v) is 6.70. The van der Waals surface area contributed by atoms with Gasteiger partial charge in [-0.1, -0.05) is 11.6 Å². The van der Waals surface area contributed by atoms with Crippen LogP contribution in [0.3, 0.4) is 0 Å². The summed E-state index contributed by atoms with van der Waals surface area (Å²) in [5.41, 5.74) is 1.12. The molecule has 1 aromatic heterocycles. The Morgan fingerprint density at radius 2 is 2.11 bits per heavy atom. The van der Waals surface area contributed by atoms with Crippen molar-refractivity contribution in [3.63, 3.8) is 0 Å².